The van der Waals surface area contributed by atoms with Gasteiger partial charge in [-0.3, -0.25) is 4.79 Å². The van der Waals surface area contributed by atoms with E-state index >= 15 is 0 Å². The summed E-state index contributed by atoms with van der Waals surface area (Å²) in [7, 11) is 1.77. The van der Waals surface area contributed by atoms with Crippen LogP contribution in [0.5, 0.6) is 5.75 Å². The highest BCUT2D eigenvalue weighted by Gasteiger charge is 2.39. The van der Waals surface area contributed by atoms with Crippen molar-refractivity contribution in [3.63, 3.8) is 0 Å². The van der Waals surface area contributed by atoms with Crippen molar-refractivity contribution in [3.8, 4) is 5.75 Å². The maximum atomic E-state index is 14.6. The monoisotopic (exact) mass is 472 g/mol. The summed E-state index contributed by atoms with van der Waals surface area (Å²) in [6.07, 6.45) is 4.66. The van der Waals surface area contributed by atoms with Crippen molar-refractivity contribution in [2.75, 3.05) is 12.4 Å². The quantitative estimate of drug-likeness (QED) is 0.380. The topological polar surface area (TPSA) is 105 Å². The van der Waals surface area contributed by atoms with E-state index < -0.39 is 17.6 Å². The number of carbonyl (C=O) groups excluding carboxylic acids is 1. The summed E-state index contributed by atoms with van der Waals surface area (Å²) in [6, 6.07) is 7.07. The number of anilines is 2. The van der Waals surface area contributed by atoms with Crippen molar-refractivity contribution in [1.29, 1.82) is 0 Å². The van der Waals surface area contributed by atoms with Crippen LogP contribution in [0.15, 0.2) is 24.3 Å². The molecule has 0 aliphatic heterocycles. The average molecular weight is 473 g/mol. The minimum Gasteiger partial charge on any atom is -0.477 e. The van der Waals surface area contributed by atoms with Crippen LogP contribution in [0, 0.1) is 12.9 Å². The molecule has 1 fully saturated rings. The number of rotatable bonds is 6. The molecule has 1 aromatic carbocycles. The Morgan fingerprint density at radius 1 is 1.18 bits per heavy atom. The lowest BCUT2D eigenvalue weighted by molar-refractivity contribution is -0.153. The lowest BCUT2D eigenvalue weighted by Gasteiger charge is -2.44. The molecule has 1 saturated carbocycles. The van der Waals surface area contributed by atoms with Crippen LogP contribution in [-0.4, -0.2) is 44.6 Å². The number of aromatic nitrogens is 2. The van der Waals surface area contributed by atoms with Gasteiger partial charge < -0.3 is 20.1 Å². The Morgan fingerprint density at radius 3 is 2.45 bits per heavy atom. The number of amides is 1. The van der Waals surface area contributed by atoms with Crippen LogP contribution in [0.2, 0.25) is 0 Å². The predicted molar refractivity (Wildman–Crippen MR) is 124 cm³/mol. The highest BCUT2D eigenvalue weighted by atomic mass is 32.1. The second-order valence-corrected chi connectivity index (χ2v) is 9.21. The van der Waals surface area contributed by atoms with E-state index in [4.69, 9.17) is 4.74 Å². The summed E-state index contributed by atoms with van der Waals surface area (Å²) in [5, 5.41) is 12.4. The van der Waals surface area contributed by atoms with Crippen LogP contribution in [-0.2, 0) is 4.79 Å². The molecule has 1 amide bonds. The molecule has 0 saturated heterocycles. The molecule has 174 valence electrons. The number of ether oxygens (including phenoxy) is 1. The predicted octanol–water partition coefficient (Wildman–Crippen LogP) is 5.10. The molecule has 0 bridgehead atoms. The molecule has 3 aromatic rings. The van der Waals surface area contributed by atoms with Gasteiger partial charge in [-0.15, -0.1) is 11.3 Å². The minimum absolute atomic E-state index is 0.0342. The van der Waals surface area contributed by atoms with Crippen molar-refractivity contribution in [2.45, 2.75) is 51.7 Å². The minimum atomic E-state index is -1.12. The SMILES string of the molecule is CC(=O)N(C)C1(Oc2ccc(Nc3nc(F)c4c(C)c(C(=O)O)sc4n3)cc2)CCCCC1. The molecule has 4 rings (SSSR count). The first-order valence-electron chi connectivity index (χ1n) is 10.7. The molecule has 2 aromatic heterocycles. The molecule has 8 nitrogen and oxygen atoms in total. The summed E-state index contributed by atoms with van der Waals surface area (Å²) in [5.74, 6) is -1.27. The Hall–Kier alpha value is -3.27. The van der Waals surface area contributed by atoms with Crippen LogP contribution in [0.4, 0.5) is 16.0 Å². The van der Waals surface area contributed by atoms with Crippen molar-refractivity contribution in [1.82, 2.24) is 14.9 Å². The van der Waals surface area contributed by atoms with E-state index in [1.165, 1.54) is 6.92 Å². The van der Waals surface area contributed by atoms with Gasteiger partial charge in [0.1, 0.15) is 15.5 Å². The average Bonchev–Trinajstić information content (AvgIpc) is 3.12. The van der Waals surface area contributed by atoms with Gasteiger partial charge in [0.15, 0.2) is 5.72 Å². The first kappa shape index (κ1) is 22.9. The number of aryl methyl sites for hydroxylation is 1. The largest absolute Gasteiger partial charge is 0.477 e. The Kier molecular flexibility index (Phi) is 6.20. The smallest absolute Gasteiger partial charge is 0.346 e. The summed E-state index contributed by atoms with van der Waals surface area (Å²) in [6.45, 7) is 3.08. The third-order valence-corrected chi connectivity index (χ3v) is 7.25. The van der Waals surface area contributed by atoms with E-state index in [9.17, 15) is 19.1 Å². The van der Waals surface area contributed by atoms with Crippen LogP contribution < -0.4 is 10.1 Å². The van der Waals surface area contributed by atoms with E-state index in [0.29, 0.717) is 17.0 Å². The van der Waals surface area contributed by atoms with E-state index in [1.54, 1.807) is 43.1 Å². The van der Waals surface area contributed by atoms with Gasteiger partial charge >= 0.3 is 5.97 Å². The number of carbonyl (C=O) groups is 2. The third kappa shape index (κ3) is 4.47. The Balaban J connectivity index is 1.54. The van der Waals surface area contributed by atoms with Gasteiger partial charge in [-0.05, 0) is 49.6 Å². The fourth-order valence-electron chi connectivity index (χ4n) is 4.20. The maximum absolute atomic E-state index is 14.6. The number of nitrogens with zero attached hydrogens (tertiary/aromatic N) is 3. The normalized spacial score (nSPS) is 15.3. The van der Waals surface area contributed by atoms with Gasteiger partial charge in [-0.2, -0.15) is 9.37 Å². The van der Waals surface area contributed by atoms with Crippen LogP contribution in [0.25, 0.3) is 10.2 Å². The van der Waals surface area contributed by atoms with Gasteiger partial charge in [0.05, 0.1) is 5.39 Å². The van der Waals surface area contributed by atoms with E-state index in [-0.39, 0.29) is 26.9 Å². The summed E-state index contributed by atoms with van der Waals surface area (Å²) in [4.78, 5) is 33.5. The first-order chi connectivity index (χ1) is 15.7. The number of carboxylic acid groups (broad SMARTS) is 1. The number of benzene rings is 1. The number of nitrogens with one attached hydrogen (secondary N) is 1. The Morgan fingerprint density at radius 2 is 1.85 bits per heavy atom. The summed E-state index contributed by atoms with van der Waals surface area (Å²) < 4.78 is 20.9. The number of aromatic carboxylic acids is 1. The lowest BCUT2D eigenvalue weighted by Crippen LogP contribution is -2.54. The first-order valence-corrected chi connectivity index (χ1v) is 11.5. The molecule has 33 heavy (non-hydrogen) atoms. The fraction of sp³-hybridized carbons (Fsp3) is 0.391. The molecule has 1 aliphatic rings. The van der Waals surface area contributed by atoms with Crippen molar-refractivity contribution in [3.05, 3.63) is 40.7 Å². The zero-order chi connectivity index (χ0) is 23.8. The Bertz CT molecular complexity index is 1210. The molecule has 0 radical (unpaired) electrons. The highest BCUT2D eigenvalue weighted by Crippen LogP contribution is 2.36. The lowest BCUT2D eigenvalue weighted by atomic mass is 9.90. The number of hydrogen-bond acceptors (Lipinski definition) is 7. The maximum Gasteiger partial charge on any atom is 0.346 e. The van der Waals surface area contributed by atoms with Gasteiger partial charge in [0.2, 0.25) is 17.8 Å². The van der Waals surface area contributed by atoms with Crippen molar-refractivity contribution in [2.24, 2.45) is 0 Å². The van der Waals surface area contributed by atoms with Gasteiger partial charge in [-0.1, -0.05) is 6.42 Å². The molecule has 2 N–H and O–H groups in total. The summed E-state index contributed by atoms with van der Waals surface area (Å²) >= 11 is 0.914. The standard InChI is InChI=1S/C23H25FN4O4S/c1-13-17-19(24)26-22(27-20(17)33-18(13)21(30)31)25-15-7-9-16(10-8-15)32-23(28(3)14(2)29)11-5-4-6-12-23/h7-10H,4-6,11-12H2,1-3H3,(H,30,31)(H,25,26,27). The second kappa shape index (κ2) is 8.93. The summed E-state index contributed by atoms with van der Waals surface area (Å²) in [5.41, 5.74) is 0.278. The number of thiophene rings is 1. The Labute approximate surface area is 194 Å². The number of carboxylic acids is 1. The zero-order valence-electron chi connectivity index (χ0n) is 18.6. The molecular weight excluding hydrogens is 447 g/mol. The number of hydrogen-bond donors (Lipinski definition) is 2. The van der Waals surface area contributed by atoms with Crippen molar-refractivity contribution >= 4 is 45.1 Å². The van der Waals surface area contributed by atoms with E-state index in [1.807, 2.05) is 0 Å². The molecule has 10 heteroatoms. The van der Waals surface area contributed by atoms with Crippen LogP contribution in [0.1, 0.15) is 54.3 Å². The number of halogens is 1. The number of fused-ring (bicyclic) bond motifs is 1. The molecular formula is C23H25FN4O4S. The van der Waals surface area contributed by atoms with Gasteiger partial charge in [0, 0.05) is 32.5 Å². The molecule has 2 heterocycles. The fourth-order valence-corrected chi connectivity index (χ4v) is 5.21. The third-order valence-electron chi connectivity index (χ3n) is 6.08. The van der Waals surface area contributed by atoms with Gasteiger partial charge in [-0.25, -0.2) is 9.78 Å². The van der Waals surface area contributed by atoms with Crippen molar-refractivity contribution < 1.29 is 23.8 Å². The van der Waals surface area contributed by atoms with Crippen LogP contribution in [0.3, 0.4) is 0 Å². The molecule has 0 unspecified atom stereocenters. The zero-order valence-corrected chi connectivity index (χ0v) is 19.5. The second-order valence-electron chi connectivity index (χ2n) is 8.22. The van der Waals surface area contributed by atoms with E-state index in [2.05, 4.69) is 15.3 Å². The van der Waals surface area contributed by atoms with Crippen LogP contribution >= 0.6 is 11.3 Å². The highest BCUT2D eigenvalue weighted by molar-refractivity contribution is 7.20. The van der Waals surface area contributed by atoms with Gasteiger partial charge in [0.25, 0.3) is 0 Å². The molecule has 0 atom stereocenters. The molecule has 0 spiro atoms. The molecule has 1 aliphatic carbocycles. The van der Waals surface area contributed by atoms with E-state index in [0.717, 1.165) is 43.4 Å².